The fourth-order valence-electron chi connectivity index (χ4n) is 3.81. The standard InChI is InChI=1S/C20H23N3O3/c24-19(16-4-10-21-11-5-16)23-12-7-20(8-13-23)15-17(6-14-25-20)26-18-3-1-2-9-22-18/h1-5,9-11,17H,6-8,12-15H2. The van der Waals surface area contributed by atoms with Crippen molar-refractivity contribution in [3.63, 3.8) is 0 Å². The molecule has 26 heavy (non-hydrogen) atoms. The number of pyridine rings is 2. The summed E-state index contributed by atoms with van der Waals surface area (Å²) < 4.78 is 12.2. The zero-order chi connectivity index (χ0) is 17.8. The molecule has 0 aromatic carbocycles. The van der Waals surface area contributed by atoms with Gasteiger partial charge in [-0.15, -0.1) is 0 Å². The number of rotatable bonds is 3. The van der Waals surface area contributed by atoms with Crippen LogP contribution in [0.25, 0.3) is 0 Å². The number of hydrogen-bond donors (Lipinski definition) is 0. The van der Waals surface area contributed by atoms with Gasteiger partial charge >= 0.3 is 0 Å². The second-order valence-electron chi connectivity index (χ2n) is 6.96. The van der Waals surface area contributed by atoms with Crippen LogP contribution in [0.5, 0.6) is 5.88 Å². The van der Waals surface area contributed by atoms with E-state index in [2.05, 4.69) is 9.97 Å². The lowest BCUT2D eigenvalue weighted by molar-refractivity contribution is -0.135. The molecule has 6 nitrogen and oxygen atoms in total. The van der Waals surface area contributed by atoms with E-state index in [0.717, 1.165) is 25.7 Å². The summed E-state index contributed by atoms with van der Waals surface area (Å²) in [4.78, 5) is 22.7. The first-order valence-electron chi connectivity index (χ1n) is 9.15. The monoisotopic (exact) mass is 353 g/mol. The molecule has 6 heteroatoms. The van der Waals surface area contributed by atoms with E-state index >= 15 is 0 Å². The maximum atomic E-state index is 12.6. The number of likely N-dealkylation sites (tertiary alicyclic amines) is 1. The van der Waals surface area contributed by atoms with Gasteiger partial charge in [-0.25, -0.2) is 4.98 Å². The highest BCUT2D eigenvalue weighted by molar-refractivity contribution is 5.94. The predicted octanol–water partition coefficient (Wildman–Crippen LogP) is 2.71. The van der Waals surface area contributed by atoms with Crippen molar-refractivity contribution in [1.29, 1.82) is 0 Å². The minimum Gasteiger partial charge on any atom is -0.474 e. The average molecular weight is 353 g/mol. The van der Waals surface area contributed by atoms with E-state index in [1.807, 2.05) is 23.1 Å². The van der Waals surface area contributed by atoms with Crippen molar-refractivity contribution >= 4 is 5.91 Å². The molecular weight excluding hydrogens is 330 g/mol. The van der Waals surface area contributed by atoms with Crippen LogP contribution in [-0.2, 0) is 4.74 Å². The van der Waals surface area contributed by atoms with Gasteiger partial charge in [-0.2, -0.15) is 0 Å². The fraction of sp³-hybridized carbons (Fsp3) is 0.450. The zero-order valence-electron chi connectivity index (χ0n) is 14.7. The van der Waals surface area contributed by atoms with Crippen LogP contribution in [0, 0.1) is 0 Å². The van der Waals surface area contributed by atoms with E-state index in [4.69, 9.17) is 9.47 Å². The van der Waals surface area contributed by atoms with Crippen LogP contribution in [0.2, 0.25) is 0 Å². The molecule has 2 aromatic heterocycles. The Morgan fingerprint density at radius 2 is 1.96 bits per heavy atom. The Bertz CT molecular complexity index is 730. The molecule has 1 amide bonds. The lowest BCUT2D eigenvalue weighted by atomic mass is 9.83. The molecule has 1 unspecified atom stereocenters. The van der Waals surface area contributed by atoms with Crippen LogP contribution in [-0.4, -0.2) is 52.2 Å². The van der Waals surface area contributed by atoms with Crippen LogP contribution in [0.15, 0.2) is 48.9 Å². The first kappa shape index (κ1) is 17.0. The third-order valence-electron chi connectivity index (χ3n) is 5.26. The van der Waals surface area contributed by atoms with Crippen molar-refractivity contribution in [2.75, 3.05) is 19.7 Å². The maximum absolute atomic E-state index is 12.6. The van der Waals surface area contributed by atoms with Crippen LogP contribution in [0.4, 0.5) is 0 Å². The summed E-state index contributed by atoms with van der Waals surface area (Å²) in [7, 11) is 0. The summed E-state index contributed by atoms with van der Waals surface area (Å²) in [6.45, 7) is 2.10. The molecule has 2 aliphatic heterocycles. The van der Waals surface area contributed by atoms with Crippen molar-refractivity contribution in [3.8, 4) is 5.88 Å². The molecule has 136 valence electrons. The summed E-state index contributed by atoms with van der Waals surface area (Å²) in [5, 5.41) is 0. The molecule has 1 atom stereocenters. The summed E-state index contributed by atoms with van der Waals surface area (Å²) in [6, 6.07) is 9.23. The Balaban J connectivity index is 1.36. The number of aromatic nitrogens is 2. The van der Waals surface area contributed by atoms with Gasteiger partial charge in [-0.3, -0.25) is 9.78 Å². The molecule has 2 saturated heterocycles. The lowest BCUT2D eigenvalue weighted by Gasteiger charge is -2.45. The van der Waals surface area contributed by atoms with Gasteiger partial charge in [-0.05, 0) is 31.0 Å². The minimum absolute atomic E-state index is 0.0688. The number of piperidine rings is 1. The maximum Gasteiger partial charge on any atom is 0.253 e. The van der Waals surface area contributed by atoms with E-state index in [0.29, 0.717) is 31.1 Å². The topological polar surface area (TPSA) is 64.6 Å². The first-order valence-corrected chi connectivity index (χ1v) is 9.15. The molecular formula is C20H23N3O3. The summed E-state index contributed by atoms with van der Waals surface area (Å²) in [6.07, 6.45) is 8.57. The predicted molar refractivity (Wildman–Crippen MR) is 95.9 cm³/mol. The number of amides is 1. The van der Waals surface area contributed by atoms with E-state index in [-0.39, 0.29) is 17.6 Å². The largest absolute Gasteiger partial charge is 0.474 e. The smallest absolute Gasteiger partial charge is 0.253 e. The highest BCUT2D eigenvalue weighted by atomic mass is 16.5. The molecule has 0 N–H and O–H groups in total. The molecule has 2 aliphatic rings. The van der Waals surface area contributed by atoms with Crippen LogP contribution < -0.4 is 4.74 Å². The minimum atomic E-state index is -0.188. The highest BCUT2D eigenvalue weighted by Crippen LogP contribution is 2.36. The number of hydrogen-bond acceptors (Lipinski definition) is 5. The van der Waals surface area contributed by atoms with Crippen LogP contribution in [0.1, 0.15) is 36.0 Å². The Kier molecular flexibility index (Phi) is 4.84. The van der Waals surface area contributed by atoms with E-state index < -0.39 is 0 Å². The number of nitrogens with zero attached hydrogens (tertiary/aromatic N) is 3. The molecule has 2 aromatic rings. The molecule has 1 spiro atoms. The summed E-state index contributed by atoms with van der Waals surface area (Å²) in [5.74, 6) is 0.735. The van der Waals surface area contributed by atoms with E-state index in [1.165, 1.54) is 0 Å². The summed E-state index contributed by atoms with van der Waals surface area (Å²) >= 11 is 0. The van der Waals surface area contributed by atoms with Crippen molar-refractivity contribution in [2.45, 2.75) is 37.4 Å². The second kappa shape index (κ2) is 7.41. The molecule has 4 rings (SSSR count). The van der Waals surface area contributed by atoms with Gasteiger partial charge in [0.05, 0.1) is 12.2 Å². The van der Waals surface area contributed by atoms with Crippen LogP contribution in [0.3, 0.4) is 0 Å². The number of ether oxygens (including phenoxy) is 2. The van der Waals surface area contributed by atoms with E-state index in [1.54, 1.807) is 30.7 Å². The van der Waals surface area contributed by atoms with Gasteiger partial charge in [0.1, 0.15) is 6.10 Å². The third kappa shape index (κ3) is 3.70. The van der Waals surface area contributed by atoms with Gasteiger partial charge in [0, 0.05) is 56.2 Å². The zero-order valence-corrected chi connectivity index (χ0v) is 14.7. The SMILES string of the molecule is O=C(c1ccncc1)N1CCC2(CC1)CC(Oc1ccccn1)CCO2. The molecule has 4 heterocycles. The Labute approximate surface area is 153 Å². The number of carbonyl (C=O) groups excluding carboxylic acids is 1. The molecule has 0 aliphatic carbocycles. The van der Waals surface area contributed by atoms with Gasteiger partial charge in [0.2, 0.25) is 5.88 Å². The van der Waals surface area contributed by atoms with Gasteiger partial charge in [-0.1, -0.05) is 6.07 Å². The molecule has 0 saturated carbocycles. The van der Waals surface area contributed by atoms with Gasteiger partial charge in [0.25, 0.3) is 5.91 Å². The molecule has 2 fully saturated rings. The van der Waals surface area contributed by atoms with Crippen molar-refractivity contribution in [2.24, 2.45) is 0 Å². The normalized spacial score (nSPS) is 22.2. The van der Waals surface area contributed by atoms with Crippen molar-refractivity contribution in [1.82, 2.24) is 14.9 Å². The Hall–Kier alpha value is -2.47. The fourth-order valence-corrected chi connectivity index (χ4v) is 3.81. The Morgan fingerprint density at radius 3 is 2.69 bits per heavy atom. The highest BCUT2D eigenvalue weighted by Gasteiger charge is 2.42. The quantitative estimate of drug-likeness (QED) is 0.849. The third-order valence-corrected chi connectivity index (χ3v) is 5.26. The van der Waals surface area contributed by atoms with Crippen LogP contribution >= 0.6 is 0 Å². The van der Waals surface area contributed by atoms with Crippen molar-refractivity contribution < 1.29 is 14.3 Å². The Morgan fingerprint density at radius 1 is 1.15 bits per heavy atom. The number of carbonyl (C=O) groups is 1. The van der Waals surface area contributed by atoms with E-state index in [9.17, 15) is 4.79 Å². The second-order valence-corrected chi connectivity index (χ2v) is 6.96. The first-order chi connectivity index (χ1) is 12.7. The van der Waals surface area contributed by atoms with Gasteiger partial charge in [0.15, 0.2) is 0 Å². The van der Waals surface area contributed by atoms with Gasteiger partial charge < -0.3 is 14.4 Å². The molecule has 0 radical (unpaired) electrons. The molecule has 0 bridgehead atoms. The summed E-state index contributed by atoms with van der Waals surface area (Å²) in [5.41, 5.74) is 0.504. The lowest BCUT2D eigenvalue weighted by Crippen LogP contribution is -2.52. The average Bonchev–Trinajstić information content (AvgIpc) is 2.70. The van der Waals surface area contributed by atoms with Crippen molar-refractivity contribution in [3.05, 3.63) is 54.5 Å².